The van der Waals surface area contributed by atoms with Gasteiger partial charge in [0.15, 0.2) is 0 Å². The van der Waals surface area contributed by atoms with Gasteiger partial charge in [-0.3, -0.25) is 9.67 Å². The Labute approximate surface area is 211 Å². The highest BCUT2D eigenvalue weighted by Gasteiger charge is 2.35. The summed E-state index contributed by atoms with van der Waals surface area (Å²) < 4.78 is 76.9. The molecule has 0 N–H and O–H groups in total. The Morgan fingerprint density at radius 1 is 0.973 bits per heavy atom. The van der Waals surface area contributed by atoms with Crippen LogP contribution < -0.4 is 4.31 Å². The number of aryl methyl sites for hydroxylation is 1. The molecule has 2 aromatic carbocycles. The van der Waals surface area contributed by atoms with Gasteiger partial charge < -0.3 is 4.74 Å². The summed E-state index contributed by atoms with van der Waals surface area (Å²) in [5.41, 5.74) is 0.893. The third kappa shape index (κ3) is 5.05. The lowest BCUT2D eigenvalue weighted by Crippen LogP contribution is -2.38. The van der Waals surface area contributed by atoms with Crippen LogP contribution in [0.5, 0.6) is 0 Å². The smallest absolute Gasteiger partial charge is 0.428 e. The van der Waals surface area contributed by atoms with Gasteiger partial charge in [0.05, 0.1) is 12.3 Å². The number of hydrogen-bond donors (Lipinski definition) is 0. The molecule has 192 valence electrons. The highest BCUT2D eigenvalue weighted by Crippen LogP contribution is 2.36. The first-order chi connectivity index (χ1) is 17.7. The molecule has 4 rings (SSSR count). The molecular weight excluding hydrogens is 509 g/mol. The van der Waals surface area contributed by atoms with Gasteiger partial charge in [-0.05, 0) is 67.9 Å². The highest BCUT2D eigenvalue weighted by atomic mass is 32.2. The van der Waals surface area contributed by atoms with Gasteiger partial charge in [0.1, 0.15) is 28.0 Å². The number of aromatic nitrogens is 3. The van der Waals surface area contributed by atoms with Crippen LogP contribution >= 0.6 is 0 Å². The number of carbonyl (C=O) groups is 1. The topological polar surface area (TPSA) is 94.4 Å². The third-order valence-corrected chi connectivity index (χ3v) is 7.07. The van der Waals surface area contributed by atoms with Crippen molar-refractivity contribution >= 4 is 21.8 Å². The van der Waals surface area contributed by atoms with Crippen molar-refractivity contribution in [2.75, 3.05) is 10.9 Å². The van der Waals surface area contributed by atoms with Crippen LogP contribution in [0.2, 0.25) is 0 Å². The molecule has 0 radical (unpaired) electrons. The summed E-state index contributed by atoms with van der Waals surface area (Å²) >= 11 is 0. The van der Waals surface area contributed by atoms with E-state index in [9.17, 15) is 22.0 Å². The zero-order valence-corrected chi connectivity index (χ0v) is 20.5. The highest BCUT2D eigenvalue weighted by molar-refractivity contribution is 7.93. The molecule has 8 nitrogen and oxygen atoms in total. The molecule has 0 aliphatic carbocycles. The van der Waals surface area contributed by atoms with Crippen molar-refractivity contribution in [3.63, 3.8) is 0 Å². The first-order valence-corrected chi connectivity index (χ1v) is 12.6. The quantitative estimate of drug-likeness (QED) is 0.318. The summed E-state index contributed by atoms with van der Waals surface area (Å²) in [6, 6.07) is 8.28. The lowest BCUT2D eigenvalue weighted by atomic mass is 10.0. The molecule has 0 bridgehead atoms. The zero-order chi connectivity index (χ0) is 26.7. The Bertz CT molecular complexity index is 1560. The number of carbonyl (C=O) groups excluding carboxylic acids is 1. The Morgan fingerprint density at radius 3 is 2.35 bits per heavy atom. The molecule has 2 aromatic heterocycles. The molecule has 2 heterocycles. The molecule has 0 aliphatic heterocycles. The lowest BCUT2D eigenvalue weighted by molar-refractivity contribution is 0.164. The van der Waals surface area contributed by atoms with Crippen molar-refractivity contribution in [1.29, 1.82) is 0 Å². The standard InChI is InChI=1S/C25H21F3N4O4S/c1-3-31-15-20(16-9-11-29-12-10-16)24(30-31)19-14-18(6-8-21(19)27)32(25(33)36-4-2)37(34,35)23-13-17(26)5-7-22(23)28/h5-15H,3-4H2,1-2H3. The summed E-state index contributed by atoms with van der Waals surface area (Å²) in [5.74, 6) is -3.06. The number of anilines is 1. The maximum absolute atomic E-state index is 15.2. The van der Waals surface area contributed by atoms with Crippen molar-refractivity contribution in [3.05, 3.63) is 84.6 Å². The van der Waals surface area contributed by atoms with Gasteiger partial charge in [-0.2, -0.15) is 9.40 Å². The van der Waals surface area contributed by atoms with Crippen LogP contribution in [-0.4, -0.2) is 35.9 Å². The fraction of sp³-hybridized carbons (Fsp3) is 0.160. The molecule has 0 fully saturated rings. The number of rotatable bonds is 7. The second-order valence-corrected chi connectivity index (χ2v) is 9.45. The largest absolute Gasteiger partial charge is 0.449 e. The fourth-order valence-electron chi connectivity index (χ4n) is 3.64. The molecule has 4 aromatic rings. The first-order valence-electron chi connectivity index (χ1n) is 11.1. The van der Waals surface area contributed by atoms with E-state index in [2.05, 4.69) is 10.1 Å². The molecule has 1 amide bonds. The van der Waals surface area contributed by atoms with Crippen molar-refractivity contribution in [2.24, 2.45) is 0 Å². The van der Waals surface area contributed by atoms with E-state index in [4.69, 9.17) is 4.74 Å². The molecule has 37 heavy (non-hydrogen) atoms. The van der Waals surface area contributed by atoms with E-state index in [0.29, 0.717) is 29.8 Å². The van der Waals surface area contributed by atoms with Crippen molar-refractivity contribution < 1.29 is 31.1 Å². The van der Waals surface area contributed by atoms with Crippen molar-refractivity contribution in [3.8, 4) is 22.4 Å². The van der Waals surface area contributed by atoms with Gasteiger partial charge in [-0.1, -0.05) is 0 Å². The average molecular weight is 531 g/mol. The molecule has 0 saturated heterocycles. The predicted molar refractivity (Wildman–Crippen MR) is 130 cm³/mol. The Balaban J connectivity index is 1.92. The minimum absolute atomic E-state index is 0.124. The van der Waals surface area contributed by atoms with E-state index >= 15 is 4.39 Å². The summed E-state index contributed by atoms with van der Waals surface area (Å²) in [6.45, 7) is 3.53. The first kappa shape index (κ1) is 25.9. The molecular formula is C25H21F3N4O4S. The van der Waals surface area contributed by atoms with Crippen LogP contribution in [0.25, 0.3) is 22.4 Å². The monoisotopic (exact) mass is 530 g/mol. The second-order valence-electron chi connectivity index (χ2n) is 7.69. The van der Waals surface area contributed by atoms with E-state index in [0.717, 1.165) is 24.3 Å². The van der Waals surface area contributed by atoms with Crippen LogP contribution in [0.1, 0.15) is 13.8 Å². The number of nitrogens with zero attached hydrogens (tertiary/aromatic N) is 4. The minimum Gasteiger partial charge on any atom is -0.449 e. The number of ether oxygens (including phenoxy) is 1. The van der Waals surface area contributed by atoms with Crippen LogP contribution in [0.4, 0.5) is 23.7 Å². The summed E-state index contributed by atoms with van der Waals surface area (Å²) in [4.78, 5) is 15.7. The van der Waals surface area contributed by atoms with E-state index in [1.54, 1.807) is 35.4 Å². The van der Waals surface area contributed by atoms with E-state index in [1.165, 1.54) is 6.92 Å². The Morgan fingerprint density at radius 2 is 1.68 bits per heavy atom. The number of hydrogen-bond acceptors (Lipinski definition) is 6. The predicted octanol–water partition coefficient (Wildman–Crippen LogP) is 5.40. The van der Waals surface area contributed by atoms with Crippen LogP contribution in [0.3, 0.4) is 0 Å². The molecule has 12 heteroatoms. The minimum atomic E-state index is -5.01. The molecule has 0 saturated carbocycles. The zero-order valence-electron chi connectivity index (χ0n) is 19.7. The Hall–Kier alpha value is -4.19. The number of amides is 1. The third-order valence-electron chi connectivity index (χ3n) is 5.36. The average Bonchev–Trinajstić information content (AvgIpc) is 3.31. The Kier molecular flexibility index (Phi) is 7.30. The maximum atomic E-state index is 15.2. The number of sulfonamides is 1. The summed E-state index contributed by atoms with van der Waals surface area (Å²) in [7, 11) is -5.01. The van der Waals surface area contributed by atoms with E-state index in [-0.39, 0.29) is 27.9 Å². The van der Waals surface area contributed by atoms with Crippen LogP contribution in [0.15, 0.2) is 72.0 Å². The lowest BCUT2D eigenvalue weighted by Gasteiger charge is -2.22. The summed E-state index contributed by atoms with van der Waals surface area (Å²) in [6.07, 6.45) is 3.42. The molecule has 0 unspecified atom stereocenters. The van der Waals surface area contributed by atoms with Gasteiger partial charge in [0.2, 0.25) is 0 Å². The number of benzene rings is 2. The second kappa shape index (κ2) is 10.4. The maximum Gasteiger partial charge on any atom is 0.428 e. The van der Waals surface area contributed by atoms with Gasteiger partial charge in [0, 0.05) is 36.3 Å². The molecule has 0 atom stereocenters. The van der Waals surface area contributed by atoms with Gasteiger partial charge in [0.25, 0.3) is 10.0 Å². The van der Waals surface area contributed by atoms with Crippen LogP contribution in [0, 0.1) is 17.5 Å². The molecule has 0 spiro atoms. The number of pyridine rings is 1. The number of halogens is 3. The van der Waals surface area contributed by atoms with Gasteiger partial charge in [-0.25, -0.2) is 26.4 Å². The fourth-order valence-corrected chi connectivity index (χ4v) is 5.06. The van der Waals surface area contributed by atoms with Crippen molar-refractivity contribution in [2.45, 2.75) is 25.3 Å². The van der Waals surface area contributed by atoms with E-state index < -0.39 is 38.5 Å². The van der Waals surface area contributed by atoms with Crippen LogP contribution in [-0.2, 0) is 21.3 Å². The normalized spacial score (nSPS) is 11.4. The molecule has 0 aliphatic rings. The van der Waals surface area contributed by atoms with Gasteiger partial charge in [-0.15, -0.1) is 0 Å². The SMILES string of the molecule is CCOC(=O)N(c1ccc(F)c(-c2nn(CC)cc2-c2ccncc2)c1)S(=O)(=O)c1cc(F)ccc1F. The van der Waals surface area contributed by atoms with E-state index in [1.807, 2.05) is 6.92 Å². The van der Waals surface area contributed by atoms with Gasteiger partial charge >= 0.3 is 6.09 Å². The summed E-state index contributed by atoms with van der Waals surface area (Å²) in [5, 5.41) is 4.43. The van der Waals surface area contributed by atoms with Crippen molar-refractivity contribution in [1.82, 2.24) is 14.8 Å².